The van der Waals surface area contributed by atoms with Crippen molar-refractivity contribution in [3.8, 4) is 0 Å². The van der Waals surface area contributed by atoms with E-state index in [1.807, 2.05) is 10.6 Å². The first-order valence-electron chi connectivity index (χ1n) is 5.67. The van der Waals surface area contributed by atoms with Crippen molar-refractivity contribution in [2.45, 2.75) is 18.8 Å². The molecule has 3 heterocycles. The fraction of sp³-hybridized carbons (Fsp3) is 0.417. The molecule has 1 aliphatic rings. The Morgan fingerprint density at radius 1 is 1.35 bits per heavy atom. The SMILES string of the molecule is Cl.Clc1ncn2ccc(C3CCNCC3)cc12. The molecule has 5 heteroatoms. The Morgan fingerprint density at radius 2 is 2.12 bits per heavy atom. The van der Waals surface area contributed by atoms with E-state index in [1.54, 1.807) is 6.33 Å². The lowest BCUT2D eigenvalue weighted by Gasteiger charge is -2.23. The van der Waals surface area contributed by atoms with Gasteiger partial charge in [-0.05, 0) is 49.5 Å². The maximum Gasteiger partial charge on any atom is 0.154 e. The maximum absolute atomic E-state index is 6.04. The second kappa shape index (κ2) is 5.25. The predicted molar refractivity (Wildman–Crippen MR) is 72.3 cm³/mol. The Hall–Kier alpha value is -0.770. The van der Waals surface area contributed by atoms with Gasteiger partial charge in [0.2, 0.25) is 0 Å². The summed E-state index contributed by atoms with van der Waals surface area (Å²) >= 11 is 6.04. The molecule has 0 unspecified atom stereocenters. The summed E-state index contributed by atoms with van der Waals surface area (Å²) in [7, 11) is 0. The summed E-state index contributed by atoms with van der Waals surface area (Å²) in [5.41, 5.74) is 2.40. The van der Waals surface area contributed by atoms with Crippen LogP contribution >= 0.6 is 24.0 Å². The molecule has 0 aliphatic carbocycles. The zero-order valence-electron chi connectivity index (χ0n) is 9.40. The van der Waals surface area contributed by atoms with Gasteiger partial charge in [0.1, 0.15) is 6.33 Å². The van der Waals surface area contributed by atoms with Crippen LogP contribution < -0.4 is 5.32 Å². The van der Waals surface area contributed by atoms with Gasteiger partial charge >= 0.3 is 0 Å². The summed E-state index contributed by atoms with van der Waals surface area (Å²) in [6.45, 7) is 2.23. The summed E-state index contributed by atoms with van der Waals surface area (Å²) in [4.78, 5) is 4.10. The number of piperidine rings is 1. The standard InChI is InChI=1S/C12H14ClN3.ClH/c13-12-11-7-10(3-6-16(11)8-15-12)9-1-4-14-5-2-9;/h3,6-9,14H,1-2,4-5H2;1H. The maximum atomic E-state index is 6.04. The second-order valence-electron chi connectivity index (χ2n) is 4.31. The Labute approximate surface area is 112 Å². The number of aromatic nitrogens is 2. The molecule has 3 rings (SSSR count). The van der Waals surface area contributed by atoms with Gasteiger partial charge in [-0.1, -0.05) is 11.6 Å². The molecule has 2 aromatic rings. The third kappa shape index (κ3) is 2.41. The molecule has 17 heavy (non-hydrogen) atoms. The molecule has 0 atom stereocenters. The van der Waals surface area contributed by atoms with Crippen molar-refractivity contribution in [2.24, 2.45) is 0 Å². The lowest BCUT2D eigenvalue weighted by Crippen LogP contribution is -2.26. The third-order valence-electron chi connectivity index (χ3n) is 3.33. The first-order valence-corrected chi connectivity index (χ1v) is 6.05. The number of rotatable bonds is 1. The molecule has 0 amide bonds. The molecular weight excluding hydrogens is 257 g/mol. The van der Waals surface area contributed by atoms with Gasteiger partial charge in [-0.3, -0.25) is 0 Å². The highest BCUT2D eigenvalue weighted by atomic mass is 35.5. The highest BCUT2D eigenvalue weighted by Crippen LogP contribution is 2.27. The molecule has 1 fully saturated rings. The van der Waals surface area contributed by atoms with Gasteiger partial charge in [-0.2, -0.15) is 0 Å². The number of hydrogen-bond acceptors (Lipinski definition) is 2. The molecule has 0 bridgehead atoms. The molecule has 1 saturated heterocycles. The van der Waals surface area contributed by atoms with Crippen molar-refractivity contribution in [3.05, 3.63) is 35.4 Å². The van der Waals surface area contributed by atoms with E-state index in [1.165, 1.54) is 18.4 Å². The van der Waals surface area contributed by atoms with E-state index in [0.29, 0.717) is 11.1 Å². The molecule has 1 aliphatic heterocycles. The van der Waals surface area contributed by atoms with Crippen LogP contribution in [0.2, 0.25) is 5.15 Å². The van der Waals surface area contributed by atoms with Gasteiger partial charge < -0.3 is 9.72 Å². The average molecular weight is 272 g/mol. The van der Waals surface area contributed by atoms with Crippen LogP contribution in [0.4, 0.5) is 0 Å². The van der Waals surface area contributed by atoms with Gasteiger partial charge in [0.05, 0.1) is 5.52 Å². The Kier molecular flexibility index (Phi) is 3.92. The van der Waals surface area contributed by atoms with Gasteiger partial charge in [0, 0.05) is 6.20 Å². The Balaban J connectivity index is 0.00000108. The number of pyridine rings is 1. The fourth-order valence-corrected chi connectivity index (χ4v) is 2.58. The van der Waals surface area contributed by atoms with Crippen molar-refractivity contribution in [2.75, 3.05) is 13.1 Å². The van der Waals surface area contributed by atoms with E-state index < -0.39 is 0 Å². The summed E-state index contributed by atoms with van der Waals surface area (Å²) in [5.74, 6) is 0.664. The normalized spacial score (nSPS) is 17.0. The largest absolute Gasteiger partial charge is 0.317 e. The van der Waals surface area contributed by atoms with Crippen LogP contribution in [0.15, 0.2) is 24.7 Å². The quantitative estimate of drug-likeness (QED) is 0.865. The number of hydrogen-bond donors (Lipinski definition) is 1. The van der Waals surface area contributed by atoms with Crippen LogP contribution in [0.3, 0.4) is 0 Å². The molecule has 2 aromatic heterocycles. The van der Waals surface area contributed by atoms with E-state index in [9.17, 15) is 0 Å². The van der Waals surface area contributed by atoms with Gasteiger partial charge in [-0.15, -0.1) is 12.4 Å². The van der Waals surface area contributed by atoms with Crippen molar-refractivity contribution in [1.29, 1.82) is 0 Å². The minimum Gasteiger partial charge on any atom is -0.317 e. The lowest BCUT2D eigenvalue weighted by molar-refractivity contribution is 0.460. The highest BCUT2D eigenvalue weighted by Gasteiger charge is 2.15. The Bertz CT molecular complexity index is 503. The average Bonchev–Trinajstić information content (AvgIpc) is 2.72. The predicted octanol–water partition coefficient (Wildman–Crippen LogP) is 2.88. The van der Waals surface area contributed by atoms with Crippen LogP contribution in [-0.4, -0.2) is 22.5 Å². The van der Waals surface area contributed by atoms with Crippen LogP contribution in [0, 0.1) is 0 Å². The fourth-order valence-electron chi connectivity index (χ4n) is 2.38. The van der Waals surface area contributed by atoms with E-state index >= 15 is 0 Å². The number of fused-ring (bicyclic) bond motifs is 1. The molecule has 0 radical (unpaired) electrons. The molecule has 3 nitrogen and oxygen atoms in total. The second-order valence-corrected chi connectivity index (χ2v) is 4.67. The highest BCUT2D eigenvalue weighted by molar-refractivity contribution is 6.32. The number of halogens is 2. The van der Waals surface area contributed by atoms with Crippen LogP contribution in [0.1, 0.15) is 24.3 Å². The summed E-state index contributed by atoms with van der Waals surface area (Å²) in [6, 6.07) is 4.35. The first kappa shape index (κ1) is 12.7. The zero-order chi connectivity index (χ0) is 11.0. The van der Waals surface area contributed by atoms with E-state index in [4.69, 9.17) is 11.6 Å². The number of imidazole rings is 1. The first-order chi connectivity index (χ1) is 7.84. The smallest absolute Gasteiger partial charge is 0.154 e. The monoisotopic (exact) mass is 271 g/mol. The van der Waals surface area contributed by atoms with E-state index in [0.717, 1.165) is 18.6 Å². The van der Waals surface area contributed by atoms with Gasteiger partial charge in [0.15, 0.2) is 5.15 Å². The zero-order valence-corrected chi connectivity index (χ0v) is 11.0. The summed E-state index contributed by atoms with van der Waals surface area (Å²) in [6.07, 6.45) is 6.22. The molecule has 0 aromatic carbocycles. The van der Waals surface area contributed by atoms with Crippen molar-refractivity contribution in [3.63, 3.8) is 0 Å². The van der Waals surface area contributed by atoms with Crippen LogP contribution in [-0.2, 0) is 0 Å². The van der Waals surface area contributed by atoms with Crippen LogP contribution in [0.25, 0.3) is 5.52 Å². The minimum atomic E-state index is 0. The van der Waals surface area contributed by atoms with Crippen LogP contribution in [0.5, 0.6) is 0 Å². The van der Waals surface area contributed by atoms with Crippen molar-refractivity contribution < 1.29 is 0 Å². The lowest BCUT2D eigenvalue weighted by atomic mass is 9.91. The topological polar surface area (TPSA) is 29.3 Å². The summed E-state index contributed by atoms with van der Waals surface area (Å²) in [5, 5.41) is 3.98. The molecule has 92 valence electrons. The van der Waals surface area contributed by atoms with E-state index in [-0.39, 0.29) is 12.4 Å². The molecule has 1 N–H and O–H groups in total. The van der Waals surface area contributed by atoms with Crippen molar-refractivity contribution >= 4 is 29.5 Å². The minimum absolute atomic E-state index is 0. The van der Waals surface area contributed by atoms with E-state index in [2.05, 4.69) is 22.4 Å². The van der Waals surface area contributed by atoms with Gasteiger partial charge in [0.25, 0.3) is 0 Å². The molecular formula is C12H15Cl2N3. The summed E-state index contributed by atoms with van der Waals surface area (Å²) < 4.78 is 1.97. The number of nitrogens with zero attached hydrogens (tertiary/aromatic N) is 2. The van der Waals surface area contributed by atoms with Gasteiger partial charge in [-0.25, -0.2) is 4.98 Å². The molecule has 0 spiro atoms. The Morgan fingerprint density at radius 3 is 2.88 bits per heavy atom. The number of nitrogens with one attached hydrogen (secondary N) is 1. The van der Waals surface area contributed by atoms with Crippen molar-refractivity contribution in [1.82, 2.24) is 14.7 Å². The third-order valence-corrected chi connectivity index (χ3v) is 3.62. The molecule has 0 saturated carbocycles.